The Morgan fingerprint density at radius 2 is 1.71 bits per heavy atom. The van der Waals surface area contributed by atoms with Gasteiger partial charge < -0.3 is 4.74 Å². The first kappa shape index (κ1) is 13.4. The highest BCUT2D eigenvalue weighted by Gasteiger charge is 2.25. The lowest BCUT2D eigenvalue weighted by molar-refractivity contribution is -0.384. The second kappa shape index (κ2) is 5.41. The van der Waals surface area contributed by atoms with Crippen LogP contribution in [0.15, 0.2) is 58.8 Å². The number of rotatable bonds is 3. The third-order valence-electron chi connectivity index (χ3n) is 2.96. The van der Waals surface area contributed by atoms with Gasteiger partial charge in [-0.15, -0.1) is 0 Å². The molecule has 0 amide bonds. The number of hydrogen-bond donors (Lipinski definition) is 0. The number of carbonyl (C=O) groups is 1. The van der Waals surface area contributed by atoms with E-state index >= 15 is 0 Å². The van der Waals surface area contributed by atoms with E-state index in [0.717, 1.165) is 10.5 Å². The van der Waals surface area contributed by atoms with Crippen molar-refractivity contribution in [2.45, 2.75) is 4.90 Å². The normalized spacial score (nSPS) is 14.9. The fourth-order valence-corrected chi connectivity index (χ4v) is 2.65. The molecule has 1 aliphatic heterocycles. The number of nitro groups is 1. The van der Waals surface area contributed by atoms with E-state index < -0.39 is 4.92 Å². The minimum absolute atomic E-state index is 0.0460. The predicted octanol–water partition coefficient (Wildman–Crippen LogP) is 3.86. The van der Waals surface area contributed by atoms with Gasteiger partial charge in [0.25, 0.3) is 5.69 Å². The molecule has 2 aromatic carbocycles. The molecule has 0 bridgehead atoms. The highest BCUT2D eigenvalue weighted by molar-refractivity contribution is 8.02. The lowest BCUT2D eigenvalue weighted by atomic mass is 10.1. The highest BCUT2D eigenvalue weighted by Crippen LogP contribution is 2.33. The molecule has 0 aliphatic carbocycles. The number of cyclic esters (lactones) is 1. The van der Waals surface area contributed by atoms with Crippen LogP contribution in [0, 0.1) is 10.1 Å². The number of benzene rings is 2. The van der Waals surface area contributed by atoms with Crippen LogP contribution < -0.4 is 0 Å². The van der Waals surface area contributed by atoms with Crippen LogP contribution >= 0.6 is 11.8 Å². The molecule has 21 heavy (non-hydrogen) atoms. The Morgan fingerprint density at radius 1 is 1.05 bits per heavy atom. The maximum Gasteiger partial charge on any atom is 0.344 e. The van der Waals surface area contributed by atoms with Gasteiger partial charge in [0.15, 0.2) is 0 Å². The van der Waals surface area contributed by atoms with Crippen LogP contribution in [-0.4, -0.2) is 10.9 Å². The number of nitro benzene ring substituents is 1. The predicted molar refractivity (Wildman–Crippen MR) is 78.8 cm³/mol. The standard InChI is InChI=1S/C15H9NO4S/c17-15-13-4-2-1-3-12(13)14(20-15)9-21-11-7-5-10(6-8-11)16(18)19/h1-9H. The topological polar surface area (TPSA) is 69.4 Å². The van der Waals surface area contributed by atoms with Crippen molar-refractivity contribution in [2.24, 2.45) is 0 Å². The Morgan fingerprint density at radius 3 is 2.38 bits per heavy atom. The number of thioether (sulfide) groups is 1. The fraction of sp³-hybridized carbons (Fsp3) is 0. The van der Waals surface area contributed by atoms with Crippen molar-refractivity contribution in [3.05, 3.63) is 75.2 Å². The quantitative estimate of drug-likeness (QED) is 0.372. The van der Waals surface area contributed by atoms with Gasteiger partial charge >= 0.3 is 5.97 Å². The Hall–Kier alpha value is -2.60. The van der Waals surface area contributed by atoms with Gasteiger partial charge in [0, 0.05) is 28.0 Å². The minimum atomic E-state index is -0.443. The third kappa shape index (κ3) is 2.66. The van der Waals surface area contributed by atoms with E-state index in [1.165, 1.54) is 23.9 Å². The molecule has 0 fully saturated rings. The third-order valence-corrected chi connectivity index (χ3v) is 3.84. The van der Waals surface area contributed by atoms with E-state index in [0.29, 0.717) is 11.3 Å². The number of ether oxygens (including phenoxy) is 1. The Kier molecular flexibility index (Phi) is 3.45. The lowest BCUT2D eigenvalue weighted by Crippen LogP contribution is -1.92. The molecule has 1 heterocycles. The average Bonchev–Trinajstić information content (AvgIpc) is 2.83. The Labute approximate surface area is 124 Å². The van der Waals surface area contributed by atoms with Gasteiger partial charge in [0.2, 0.25) is 0 Å². The van der Waals surface area contributed by atoms with Crippen molar-refractivity contribution in [1.29, 1.82) is 0 Å². The summed E-state index contributed by atoms with van der Waals surface area (Å²) in [6, 6.07) is 13.4. The fourth-order valence-electron chi connectivity index (χ4n) is 1.94. The first-order chi connectivity index (χ1) is 10.1. The minimum Gasteiger partial charge on any atom is -0.422 e. The van der Waals surface area contributed by atoms with Crippen molar-refractivity contribution in [3.8, 4) is 0 Å². The second-order valence-corrected chi connectivity index (χ2v) is 5.23. The van der Waals surface area contributed by atoms with Gasteiger partial charge in [-0.1, -0.05) is 30.0 Å². The van der Waals surface area contributed by atoms with Crippen LogP contribution in [0.2, 0.25) is 0 Å². The van der Waals surface area contributed by atoms with Crippen LogP contribution in [0.3, 0.4) is 0 Å². The van der Waals surface area contributed by atoms with Gasteiger partial charge in [-0.3, -0.25) is 10.1 Å². The largest absolute Gasteiger partial charge is 0.422 e. The summed E-state index contributed by atoms with van der Waals surface area (Å²) in [6.07, 6.45) is 0. The number of hydrogen-bond acceptors (Lipinski definition) is 5. The lowest BCUT2D eigenvalue weighted by Gasteiger charge is -1.99. The van der Waals surface area contributed by atoms with Crippen LogP contribution in [0.25, 0.3) is 5.76 Å². The molecular formula is C15H9NO4S. The SMILES string of the molecule is O=C1OC(=CSc2ccc([N+](=O)[O-])cc2)c2ccccc21. The molecule has 0 unspecified atom stereocenters. The smallest absolute Gasteiger partial charge is 0.344 e. The first-order valence-corrected chi connectivity index (χ1v) is 6.96. The number of esters is 1. The van der Waals surface area contributed by atoms with E-state index in [-0.39, 0.29) is 11.7 Å². The van der Waals surface area contributed by atoms with Crippen molar-refractivity contribution in [2.75, 3.05) is 0 Å². The zero-order valence-corrected chi connectivity index (χ0v) is 11.5. The number of carbonyl (C=O) groups excluding carboxylic acids is 1. The summed E-state index contributed by atoms with van der Waals surface area (Å²) >= 11 is 1.34. The summed E-state index contributed by atoms with van der Waals surface area (Å²) in [4.78, 5) is 22.6. The second-order valence-electron chi connectivity index (χ2n) is 4.29. The summed E-state index contributed by atoms with van der Waals surface area (Å²) in [5, 5.41) is 12.3. The number of fused-ring (bicyclic) bond motifs is 1. The zero-order valence-electron chi connectivity index (χ0n) is 10.7. The molecule has 0 spiro atoms. The van der Waals surface area contributed by atoms with Gasteiger partial charge in [-0.25, -0.2) is 4.79 Å². The Bertz CT molecular complexity index is 753. The first-order valence-electron chi connectivity index (χ1n) is 6.08. The molecule has 0 atom stereocenters. The van der Waals surface area contributed by atoms with Crippen LogP contribution in [0.1, 0.15) is 15.9 Å². The molecule has 0 radical (unpaired) electrons. The molecule has 0 N–H and O–H groups in total. The van der Waals surface area contributed by atoms with Gasteiger partial charge in [-0.2, -0.15) is 0 Å². The van der Waals surface area contributed by atoms with Gasteiger partial charge in [-0.05, 0) is 18.2 Å². The zero-order chi connectivity index (χ0) is 14.8. The molecule has 5 nitrogen and oxygen atoms in total. The molecule has 104 valence electrons. The maximum atomic E-state index is 11.7. The molecule has 3 rings (SSSR count). The molecule has 0 saturated carbocycles. The van der Waals surface area contributed by atoms with Crippen LogP contribution in [0.5, 0.6) is 0 Å². The van der Waals surface area contributed by atoms with Crippen molar-refractivity contribution in [3.63, 3.8) is 0 Å². The summed E-state index contributed by atoms with van der Waals surface area (Å²) < 4.78 is 5.21. The summed E-state index contributed by atoms with van der Waals surface area (Å²) in [6.45, 7) is 0. The van der Waals surface area contributed by atoms with Crippen LogP contribution in [0.4, 0.5) is 5.69 Å². The van der Waals surface area contributed by atoms with E-state index in [9.17, 15) is 14.9 Å². The summed E-state index contributed by atoms with van der Waals surface area (Å²) in [5.41, 5.74) is 1.36. The van der Waals surface area contributed by atoms with E-state index in [2.05, 4.69) is 0 Å². The number of non-ortho nitro benzene ring substituents is 1. The molecule has 2 aromatic rings. The molecule has 1 aliphatic rings. The van der Waals surface area contributed by atoms with Crippen LogP contribution in [-0.2, 0) is 4.74 Å². The van der Waals surface area contributed by atoms with E-state index in [1.807, 2.05) is 12.1 Å². The van der Waals surface area contributed by atoms with Crippen molar-refractivity contribution >= 4 is 29.2 Å². The monoisotopic (exact) mass is 299 g/mol. The summed E-state index contributed by atoms with van der Waals surface area (Å²) in [5.74, 6) is 0.139. The average molecular weight is 299 g/mol. The molecule has 0 saturated heterocycles. The van der Waals surface area contributed by atoms with Crippen molar-refractivity contribution in [1.82, 2.24) is 0 Å². The Balaban J connectivity index is 1.81. The summed E-state index contributed by atoms with van der Waals surface area (Å²) in [7, 11) is 0. The molecule has 0 aromatic heterocycles. The van der Waals surface area contributed by atoms with E-state index in [4.69, 9.17) is 4.74 Å². The highest BCUT2D eigenvalue weighted by atomic mass is 32.2. The molecule has 6 heteroatoms. The van der Waals surface area contributed by atoms with E-state index in [1.54, 1.807) is 29.7 Å². The molecular weight excluding hydrogens is 290 g/mol. The van der Waals surface area contributed by atoms with Gasteiger partial charge in [0.1, 0.15) is 5.76 Å². The van der Waals surface area contributed by atoms with Gasteiger partial charge in [0.05, 0.1) is 10.5 Å². The maximum absolute atomic E-state index is 11.7. The number of nitrogens with zero attached hydrogens (tertiary/aromatic N) is 1. The van der Waals surface area contributed by atoms with Crippen molar-refractivity contribution < 1.29 is 14.5 Å².